The fourth-order valence-corrected chi connectivity index (χ4v) is 4.41. The molecule has 0 spiro atoms. The molecule has 0 saturated carbocycles. The number of sulfonamides is 1. The third kappa shape index (κ3) is 3.41. The molecule has 1 saturated heterocycles. The molecule has 1 atom stereocenters. The predicted octanol–water partition coefficient (Wildman–Crippen LogP) is 1.07. The first-order valence-electron chi connectivity index (χ1n) is 7.13. The zero-order chi connectivity index (χ0) is 16.5. The van der Waals surface area contributed by atoms with Crippen LogP contribution in [-0.4, -0.2) is 46.5 Å². The summed E-state index contributed by atoms with van der Waals surface area (Å²) in [5.41, 5.74) is 1.29. The van der Waals surface area contributed by atoms with E-state index in [0.29, 0.717) is 29.8 Å². The highest BCUT2D eigenvalue weighted by Crippen LogP contribution is 2.26. The van der Waals surface area contributed by atoms with Crippen LogP contribution in [0.25, 0.3) is 0 Å². The first-order chi connectivity index (χ1) is 10.2. The Kier molecular flexibility index (Phi) is 4.77. The SMILES string of the molecule is COc1cc(C)c(S(=O)(=O)NCC2CC(=O)N(C)C2)c(C)c1. The van der Waals surface area contributed by atoms with Gasteiger partial charge in [-0.15, -0.1) is 0 Å². The molecular formula is C15H22N2O4S. The minimum absolute atomic E-state index is 0.0196. The average Bonchev–Trinajstić information content (AvgIpc) is 2.74. The average molecular weight is 326 g/mol. The van der Waals surface area contributed by atoms with Crippen LogP contribution >= 0.6 is 0 Å². The summed E-state index contributed by atoms with van der Waals surface area (Å²) in [6, 6.07) is 3.41. The lowest BCUT2D eigenvalue weighted by molar-refractivity contribution is -0.126. The lowest BCUT2D eigenvalue weighted by Gasteiger charge is -2.15. The Morgan fingerprint density at radius 1 is 1.32 bits per heavy atom. The quantitative estimate of drug-likeness (QED) is 0.878. The zero-order valence-electron chi connectivity index (χ0n) is 13.3. The van der Waals surface area contributed by atoms with E-state index in [2.05, 4.69) is 4.72 Å². The van der Waals surface area contributed by atoms with Crippen molar-refractivity contribution in [2.45, 2.75) is 25.2 Å². The van der Waals surface area contributed by atoms with Gasteiger partial charge in [0.2, 0.25) is 15.9 Å². The van der Waals surface area contributed by atoms with Crippen LogP contribution in [0.2, 0.25) is 0 Å². The molecule has 1 fully saturated rings. The molecule has 7 heteroatoms. The van der Waals surface area contributed by atoms with E-state index in [1.165, 1.54) is 0 Å². The number of carbonyl (C=O) groups excluding carboxylic acids is 1. The number of benzene rings is 1. The number of nitrogens with one attached hydrogen (secondary N) is 1. The zero-order valence-corrected chi connectivity index (χ0v) is 14.2. The first kappa shape index (κ1) is 16.8. The second-order valence-corrected chi connectivity index (χ2v) is 7.49. The summed E-state index contributed by atoms with van der Waals surface area (Å²) in [7, 11) is -0.324. The number of nitrogens with zero attached hydrogens (tertiary/aromatic N) is 1. The molecule has 1 unspecified atom stereocenters. The topological polar surface area (TPSA) is 75.7 Å². The van der Waals surface area contributed by atoms with E-state index >= 15 is 0 Å². The molecule has 122 valence electrons. The highest BCUT2D eigenvalue weighted by molar-refractivity contribution is 7.89. The maximum Gasteiger partial charge on any atom is 0.241 e. The third-order valence-electron chi connectivity index (χ3n) is 3.92. The van der Waals surface area contributed by atoms with Crippen molar-refractivity contribution in [2.75, 3.05) is 27.2 Å². The van der Waals surface area contributed by atoms with Crippen LogP contribution < -0.4 is 9.46 Å². The number of amides is 1. The highest BCUT2D eigenvalue weighted by atomic mass is 32.2. The van der Waals surface area contributed by atoms with Gasteiger partial charge in [-0.3, -0.25) is 4.79 Å². The molecule has 0 radical (unpaired) electrons. The van der Waals surface area contributed by atoms with Crippen LogP contribution in [0, 0.1) is 19.8 Å². The summed E-state index contributed by atoms with van der Waals surface area (Å²) < 4.78 is 32.9. The fourth-order valence-electron chi connectivity index (χ4n) is 2.85. The molecular weight excluding hydrogens is 304 g/mol. The molecule has 1 aromatic carbocycles. The van der Waals surface area contributed by atoms with E-state index in [4.69, 9.17) is 4.74 Å². The van der Waals surface area contributed by atoms with Gasteiger partial charge in [0.25, 0.3) is 0 Å². The van der Waals surface area contributed by atoms with Crippen molar-refractivity contribution in [3.05, 3.63) is 23.3 Å². The second-order valence-electron chi connectivity index (χ2n) is 5.79. The number of rotatable bonds is 5. The Hall–Kier alpha value is -1.60. The van der Waals surface area contributed by atoms with Crippen molar-refractivity contribution in [1.29, 1.82) is 0 Å². The molecule has 0 aliphatic carbocycles. The van der Waals surface area contributed by atoms with E-state index in [9.17, 15) is 13.2 Å². The molecule has 0 aromatic heterocycles. The summed E-state index contributed by atoms with van der Waals surface area (Å²) in [6.07, 6.45) is 0.388. The summed E-state index contributed by atoms with van der Waals surface area (Å²) in [5, 5.41) is 0. The normalized spacial score (nSPS) is 18.8. The second kappa shape index (κ2) is 6.26. The van der Waals surface area contributed by atoms with Gasteiger partial charge in [-0.1, -0.05) is 0 Å². The van der Waals surface area contributed by atoms with Gasteiger partial charge in [0.05, 0.1) is 12.0 Å². The van der Waals surface area contributed by atoms with Crippen LogP contribution in [0.15, 0.2) is 17.0 Å². The molecule has 2 rings (SSSR count). The molecule has 1 N–H and O–H groups in total. The van der Waals surface area contributed by atoms with Crippen LogP contribution in [-0.2, 0) is 14.8 Å². The fraction of sp³-hybridized carbons (Fsp3) is 0.533. The van der Waals surface area contributed by atoms with Crippen molar-refractivity contribution in [3.63, 3.8) is 0 Å². The number of likely N-dealkylation sites (tertiary alicyclic amines) is 1. The van der Waals surface area contributed by atoms with Crippen molar-refractivity contribution in [2.24, 2.45) is 5.92 Å². The number of hydrogen-bond acceptors (Lipinski definition) is 4. The molecule has 1 heterocycles. The minimum atomic E-state index is -3.60. The van der Waals surface area contributed by atoms with Gasteiger partial charge in [0.15, 0.2) is 0 Å². The van der Waals surface area contributed by atoms with E-state index in [1.807, 2.05) is 0 Å². The van der Waals surface area contributed by atoms with Crippen LogP contribution in [0.3, 0.4) is 0 Å². The van der Waals surface area contributed by atoms with Gasteiger partial charge in [-0.25, -0.2) is 13.1 Å². The van der Waals surface area contributed by atoms with Crippen molar-refractivity contribution < 1.29 is 17.9 Å². The lowest BCUT2D eigenvalue weighted by atomic mass is 10.1. The monoisotopic (exact) mass is 326 g/mol. The summed E-state index contributed by atoms with van der Waals surface area (Å²) in [4.78, 5) is 13.4. The summed E-state index contributed by atoms with van der Waals surface area (Å²) in [6.45, 7) is 4.35. The van der Waals surface area contributed by atoms with Crippen LogP contribution in [0.4, 0.5) is 0 Å². The maximum absolute atomic E-state index is 12.5. The highest BCUT2D eigenvalue weighted by Gasteiger charge is 2.29. The standard InChI is InChI=1S/C15H22N2O4S/c1-10-5-13(21-4)6-11(2)15(10)22(19,20)16-8-12-7-14(18)17(3)9-12/h5-6,12,16H,7-9H2,1-4H3. The van der Waals surface area contributed by atoms with Crippen molar-refractivity contribution in [1.82, 2.24) is 9.62 Å². The molecule has 22 heavy (non-hydrogen) atoms. The Morgan fingerprint density at radius 2 is 1.91 bits per heavy atom. The van der Waals surface area contributed by atoms with Gasteiger partial charge in [0, 0.05) is 26.6 Å². The molecule has 1 aliphatic rings. The largest absolute Gasteiger partial charge is 0.497 e. The first-order valence-corrected chi connectivity index (χ1v) is 8.61. The number of methoxy groups -OCH3 is 1. The minimum Gasteiger partial charge on any atom is -0.497 e. The van der Waals surface area contributed by atoms with Gasteiger partial charge in [0.1, 0.15) is 5.75 Å². The Labute approximate surface area is 131 Å². The van der Waals surface area contributed by atoms with Gasteiger partial charge < -0.3 is 9.64 Å². The van der Waals surface area contributed by atoms with Gasteiger partial charge in [-0.2, -0.15) is 0 Å². The molecule has 1 aliphatic heterocycles. The lowest BCUT2D eigenvalue weighted by Crippen LogP contribution is -2.31. The Balaban J connectivity index is 2.16. The van der Waals surface area contributed by atoms with Crippen LogP contribution in [0.1, 0.15) is 17.5 Å². The number of hydrogen-bond donors (Lipinski definition) is 1. The molecule has 1 amide bonds. The number of carbonyl (C=O) groups is 1. The van der Waals surface area contributed by atoms with Crippen molar-refractivity contribution >= 4 is 15.9 Å². The van der Waals surface area contributed by atoms with Gasteiger partial charge >= 0.3 is 0 Å². The van der Waals surface area contributed by atoms with E-state index in [-0.39, 0.29) is 23.3 Å². The number of aryl methyl sites for hydroxylation is 2. The van der Waals surface area contributed by atoms with Crippen molar-refractivity contribution in [3.8, 4) is 5.75 Å². The van der Waals surface area contributed by atoms with Gasteiger partial charge in [-0.05, 0) is 43.0 Å². The van der Waals surface area contributed by atoms with E-state index in [0.717, 1.165) is 0 Å². The summed E-state index contributed by atoms with van der Waals surface area (Å²) in [5.74, 6) is 0.712. The summed E-state index contributed by atoms with van der Waals surface area (Å²) >= 11 is 0. The maximum atomic E-state index is 12.5. The Bertz CT molecular complexity index is 662. The third-order valence-corrected chi connectivity index (χ3v) is 5.65. The van der Waals surface area contributed by atoms with E-state index < -0.39 is 10.0 Å². The van der Waals surface area contributed by atoms with E-state index in [1.54, 1.807) is 45.0 Å². The van der Waals surface area contributed by atoms with Crippen LogP contribution in [0.5, 0.6) is 5.75 Å². The smallest absolute Gasteiger partial charge is 0.241 e. The Morgan fingerprint density at radius 3 is 2.36 bits per heavy atom. The molecule has 0 bridgehead atoms. The molecule has 6 nitrogen and oxygen atoms in total. The molecule has 1 aromatic rings. The number of ether oxygens (including phenoxy) is 1. The predicted molar refractivity (Wildman–Crippen MR) is 83.4 cm³/mol.